The van der Waals surface area contributed by atoms with Crippen LogP contribution >= 0.6 is 0 Å². The minimum absolute atomic E-state index is 0.0129. The molecule has 2 N–H and O–H groups in total. The summed E-state index contributed by atoms with van der Waals surface area (Å²) in [5.74, 6) is -0.396. The van der Waals surface area contributed by atoms with Gasteiger partial charge in [0.15, 0.2) is 0 Å². The predicted molar refractivity (Wildman–Crippen MR) is 111 cm³/mol. The maximum atomic E-state index is 12.5. The van der Waals surface area contributed by atoms with Crippen molar-refractivity contribution < 1.29 is 31.1 Å². The largest absolute Gasteiger partial charge is 0.497 e. The van der Waals surface area contributed by atoms with E-state index in [2.05, 4.69) is 10.0 Å². The van der Waals surface area contributed by atoms with E-state index in [0.29, 0.717) is 5.75 Å². The molecule has 0 saturated carbocycles. The van der Waals surface area contributed by atoms with Gasteiger partial charge in [0.05, 0.1) is 36.0 Å². The van der Waals surface area contributed by atoms with Gasteiger partial charge in [-0.1, -0.05) is 0 Å². The Morgan fingerprint density at radius 3 is 2.27 bits per heavy atom. The highest BCUT2D eigenvalue weighted by molar-refractivity contribution is 7.89. The Bertz CT molecular complexity index is 923. The highest BCUT2D eigenvalue weighted by atomic mass is 32.2. The molecule has 1 aromatic carbocycles. The lowest BCUT2D eigenvalue weighted by molar-refractivity contribution is -0.122. The number of ether oxygens (including phenoxy) is 2. The Labute approximate surface area is 178 Å². The number of sulfonamides is 2. The standard InChI is InChI=1S/C18H29N3O7S2/c1-13-11-21(12-14(2)28-13)29(23,24)10-9-19-18(22)15(3)20-30(25,26)17-7-5-16(27-4)6-8-17/h5-8,13-15,20H,9-12H2,1-4H3,(H,19,22)/t13?,14?,15-/m0/s1. The molecule has 0 spiro atoms. The lowest BCUT2D eigenvalue weighted by Gasteiger charge is -2.34. The van der Waals surface area contributed by atoms with Gasteiger partial charge in [-0.2, -0.15) is 9.03 Å². The van der Waals surface area contributed by atoms with Crippen LogP contribution in [0.4, 0.5) is 0 Å². The Hall–Kier alpha value is -1.73. The van der Waals surface area contributed by atoms with E-state index >= 15 is 0 Å². The van der Waals surface area contributed by atoms with Crippen LogP contribution in [0.5, 0.6) is 5.75 Å². The second kappa shape index (κ2) is 10.1. The van der Waals surface area contributed by atoms with Crippen molar-refractivity contribution >= 4 is 26.0 Å². The van der Waals surface area contributed by atoms with Gasteiger partial charge < -0.3 is 14.8 Å². The molecule has 2 rings (SSSR count). The van der Waals surface area contributed by atoms with Crippen molar-refractivity contribution in [2.75, 3.05) is 32.5 Å². The van der Waals surface area contributed by atoms with Crippen molar-refractivity contribution in [1.29, 1.82) is 0 Å². The van der Waals surface area contributed by atoms with E-state index in [9.17, 15) is 21.6 Å². The van der Waals surface area contributed by atoms with Crippen LogP contribution in [0.3, 0.4) is 0 Å². The number of hydrogen-bond acceptors (Lipinski definition) is 7. The molecule has 0 radical (unpaired) electrons. The Balaban J connectivity index is 1.88. The first-order valence-corrected chi connectivity index (χ1v) is 12.6. The van der Waals surface area contributed by atoms with Crippen LogP contribution in [-0.4, -0.2) is 77.8 Å². The Morgan fingerprint density at radius 2 is 1.73 bits per heavy atom. The van der Waals surface area contributed by atoms with Gasteiger partial charge in [-0.3, -0.25) is 4.79 Å². The van der Waals surface area contributed by atoms with E-state index in [1.165, 1.54) is 42.6 Å². The van der Waals surface area contributed by atoms with Gasteiger partial charge in [0, 0.05) is 19.6 Å². The summed E-state index contributed by atoms with van der Waals surface area (Å²) in [6, 6.07) is 4.64. The number of nitrogens with one attached hydrogen (secondary N) is 2. The maximum Gasteiger partial charge on any atom is 0.241 e. The van der Waals surface area contributed by atoms with Gasteiger partial charge >= 0.3 is 0 Å². The van der Waals surface area contributed by atoms with E-state index in [-0.39, 0.29) is 42.5 Å². The molecule has 3 atom stereocenters. The van der Waals surface area contributed by atoms with Crippen molar-refractivity contribution in [2.45, 2.75) is 43.9 Å². The average molecular weight is 464 g/mol. The zero-order valence-corrected chi connectivity index (χ0v) is 19.1. The fourth-order valence-electron chi connectivity index (χ4n) is 3.05. The van der Waals surface area contributed by atoms with Crippen LogP contribution < -0.4 is 14.8 Å². The van der Waals surface area contributed by atoms with Crippen LogP contribution in [-0.2, 0) is 29.6 Å². The summed E-state index contributed by atoms with van der Waals surface area (Å²) in [6.45, 7) is 5.39. The molecular formula is C18H29N3O7S2. The van der Waals surface area contributed by atoms with E-state index in [4.69, 9.17) is 9.47 Å². The maximum absolute atomic E-state index is 12.5. The van der Waals surface area contributed by atoms with Crippen LogP contribution in [0.15, 0.2) is 29.2 Å². The molecular weight excluding hydrogens is 434 g/mol. The molecule has 0 aliphatic carbocycles. The summed E-state index contributed by atoms with van der Waals surface area (Å²) in [7, 11) is -6.02. The lowest BCUT2D eigenvalue weighted by Crippen LogP contribution is -2.50. The smallest absolute Gasteiger partial charge is 0.241 e. The molecule has 12 heteroatoms. The van der Waals surface area contributed by atoms with Crippen molar-refractivity contribution in [3.8, 4) is 5.75 Å². The molecule has 1 aromatic rings. The number of nitrogens with zero attached hydrogens (tertiary/aromatic N) is 1. The molecule has 0 bridgehead atoms. The quantitative estimate of drug-likeness (QED) is 0.523. The molecule has 1 aliphatic rings. The highest BCUT2D eigenvalue weighted by Gasteiger charge is 2.31. The van der Waals surface area contributed by atoms with Crippen molar-refractivity contribution in [3.05, 3.63) is 24.3 Å². The molecule has 1 amide bonds. The van der Waals surface area contributed by atoms with Gasteiger partial charge in [-0.05, 0) is 45.0 Å². The predicted octanol–water partition coefficient (Wildman–Crippen LogP) is -0.0828. The fraction of sp³-hybridized carbons (Fsp3) is 0.611. The molecule has 10 nitrogen and oxygen atoms in total. The molecule has 170 valence electrons. The van der Waals surface area contributed by atoms with Gasteiger partial charge in [0.25, 0.3) is 0 Å². The number of amides is 1. The number of benzene rings is 1. The number of methoxy groups -OCH3 is 1. The molecule has 1 saturated heterocycles. The third kappa shape index (κ3) is 6.64. The van der Waals surface area contributed by atoms with E-state index in [1.807, 2.05) is 0 Å². The normalized spacial score (nSPS) is 21.7. The SMILES string of the molecule is COc1ccc(S(=O)(=O)N[C@@H](C)C(=O)NCCS(=O)(=O)N2CC(C)OC(C)C2)cc1. The highest BCUT2D eigenvalue weighted by Crippen LogP contribution is 2.16. The second-order valence-electron chi connectivity index (χ2n) is 7.20. The summed E-state index contributed by atoms with van der Waals surface area (Å²) in [6.07, 6.45) is -0.406. The Kier molecular flexibility index (Phi) is 8.22. The summed E-state index contributed by atoms with van der Waals surface area (Å²) >= 11 is 0. The summed E-state index contributed by atoms with van der Waals surface area (Å²) in [5, 5.41) is 2.47. The molecule has 0 aromatic heterocycles. The number of carbonyl (C=O) groups is 1. The fourth-order valence-corrected chi connectivity index (χ4v) is 5.75. The summed E-state index contributed by atoms with van der Waals surface area (Å²) < 4.78 is 63.9. The minimum Gasteiger partial charge on any atom is -0.497 e. The van der Waals surface area contributed by atoms with Gasteiger partial charge in [-0.15, -0.1) is 0 Å². The van der Waals surface area contributed by atoms with E-state index in [0.717, 1.165) is 0 Å². The van der Waals surface area contributed by atoms with Gasteiger partial charge in [-0.25, -0.2) is 16.8 Å². The minimum atomic E-state index is -3.92. The number of hydrogen-bond donors (Lipinski definition) is 2. The monoisotopic (exact) mass is 463 g/mol. The molecule has 1 aliphatic heterocycles. The molecule has 1 fully saturated rings. The first-order valence-electron chi connectivity index (χ1n) is 9.52. The average Bonchev–Trinajstić information content (AvgIpc) is 2.66. The van der Waals surface area contributed by atoms with Gasteiger partial charge in [0.2, 0.25) is 26.0 Å². The first-order chi connectivity index (χ1) is 13.9. The number of carbonyl (C=O) groups excluding carboxylic acids is 1. The first kappa shape index (κ1) is 24.5. The van der Waals surface area contributed by atoms with Crippen molar-refractivity contribution in [3.63, 3.8) is 0 Å². The summed E-state index contributed by atoms with van der Waals surface area (Å²) in [5.41, 5.74) is 0. The zero-order valence-electron chi connectivity index (χ0n) is 17.5. The van der Waals surface area contributed by atoms with Crippen LogP contribution in [0, 0.1) is 0 Å². The van der Waals surface area contributed by atoms with Crippen LogP contribution in [0.1, 0.15) is 20.8 Å². The van der Waals surface area contributed by atoms with Crippen molar-refractivity contribution in [1.82, 2.24) is 14.3 Å². The molecule has 1 heterocycles. The third-order valence-corrected chi connectivity index (χ3v) is 7.90. The van der Waals surface area contributed by atoms with E-state index in [1.54, 1.807) is 13.8 Å². The van der Waals surface area contributed by atoms with E-state index < -0.39 is 32.0 Å². The van der Waals surface area contributed by atoms with Gasteiger partial charge in [0.1, 0.15) is 5.75 Å². The lowest BCUT2D eigenvalue weighted by atomic mass is 10.3. The van der Waals surface area contributed by atoms with Crippen LogP contribution in [0.25, 0.3) is 0 Å². The third-order valence-electron chi connectivity index (χ3n) is 4.53. The van der Waals surface area contributed by atoms with Crippen LogP contribution in [0.2, 0.25) is 0 Å². The Morgan fingerprint density at radius 1 is 1.17 bits per heavy atom. The number of rotatable bonds is 9. The number of morpholine rings is 1. The summed E-state index contributed by atoms with van der Waals surface area (Å²) in [4.78, 5) is 12.2. The zero-order chi connectivity index (χ0) is 22.5. The molecule has 2 unspecified atom stereocenters. The second-order valence-corrected chi connectivity index (χ2v) is 11.0. The topological polar surface area (TPSA) is 131 Å². The van der Waals surface area contributed by atoms with Crippen molar-refractivity contribution in [2.24, 2.45) is 0 Å². The molecule has 30 heavy (non-hydrogen) atoms.